The Kier molecular flexibility index (Phi) is 5.93. The van der Waals surface area contributed by atoms with Crippen LogP contribution in [0.5, 0.6) is 0 Å². The Bertz CT molecular complexity index is 622. The van der Waals surface area contributed by atoms with Crippen molar-refractivity contribution in [1.82, 2.24) is 15.0 Å². The molecule has 1 aromatic heterocycles. The highest BCUT2D eigenvalue weighted by atomic mass is 16.5. The molecule has 5 nitrogen and oxygen atoms in total. The zero-order chi connectivity index (χ0) is 16.8. The van der Waals surface area contributed by atoms with E-state index in [-0.39, 0.29) is 5.91 Å². The summed E-state index contributed by atoms with van der Waals surface area (Å²) in [6.07, 6.45) is 0. The van der Waals surface area contributed by atoms with E-state index in [1.165, 1.54) is 5.56 Å². The van der Waals surface area contributed by atoms with E-state index < -0.39 is 0 Å². The first kappa shape index (κ1) is 17.2. The van der Waals surface area contributed by atoms with Crippen LogP contribution in [0.15, 0.2) is 40.9 Å². The van der Waals surface area contributed by atoms with Crippen molar-refractivity contribution in [3.8, 4) is 0 Å². The Morgan fingerprint density at radius 2 is 1.87 bits per heavy atom. The van der Waals surface area contributed by atoms with E-state index in [1.54, 1.807) is 18.0 Å². The molecule has 124 valence electrons. The Morgan fingerprint density at radius 3 is 2.52 bits per heavy atom. The molecule has 2 aromatic rings. The summed E-state index contributed by atoms with van der Waals surface area (Å²) in [6, 6.07) is 12.0. The van der Waals surface area contributed by atoms with E-state index in [1.807, 2.05) is 25.2 Å². The van der Waals surface area contributed by atoms with E-state index >= 15 is 0 Å². The second-order valence-electron chi connectivity index (χ2n) is 6.42. The van der Waals surface area contributed by atoms with Crippen LogP contribution in [0.2, 0.25) is 0 Å². The molecule has 0 bridgehead atoms. The molecule has 5 heteroatoms. The van der Waals surface area contributed by atoms with Gasteiger partial charge in [-0.2, -0.15) is 0 Å². The average Bonchev–Trinajstić information content (AvgIpc) is 2.95. The summed E-state index contributed by atoms with van der Waals surface area (Å²) in [7, 11) is 3.81. The van der Waals surface area contributed by atoms with Gasteiger partial charge in [0.1, 0.15) is 0 Å². The van der Waals surface area contributed by atoms with E-state index in [4.69, 9.17) is 4.52 Å². The molecule has 0 radical (unpaired) electrons. The SMILES string of the molecule is CC(C)CN(C)C(=O)c1cc(CN(C)Cc2ccccc2)on1. The smallest absolute Gasteiger partial charge is 0.275 e. The molecule has 0 aliphatic carbocycles. The molecule has 0 aliphatic rings. The van der Waals surface area contributed by atoms with E-state index in [9.17, 15) is 4.79 Å². The predicted octanol–water partition coefficient (Wildman–Crippen LogP) is 3.03. The van der Waals surface area contributed by atoms with Crippen molar-refractivity contribution in [2.75, 3.05) is 20.6 Å². The molecule has 0 fully saturated rings. The van der Waals surface area contributed by atoms with Gasteiger partial charge in [0.2, 0.25) is 0 Å². The van der Waals surface area contributed by atoms with Gasteiger partial charge >= 0.3 is 0 Å². The maximum absolute atomic E-state index is 12.3. The second-order valence-corrected chi connectivity index (χ2v) is 6.42. The van der Waals surface area contributed by atoms with Crippen molar-refractivity contribution in [1.29, 1.82) is 0 Å². The summed E-state index contributed by atoms with van der Waals surface area (Å²) in [4.78, 5) is 16.1. The third-order valence-electron chi connectivity index (χ3n) is 3.48. The highest BCUT2D eigenvalue weighted by Gasteiger charge is 2.18. The molecular formula is C18H25N3O2. The van der Waals surface area contributed by atoms with Crippen LogP contribution in [0, 0.1) is 5.92 Å². The van der Waals surface area contributed by atoms with Crippen molar-refractivity contribution < 1.29 is 9.32 Å². The van der Waals surface area contributed by atoms with E-state index in [0.29, 0.717) is 30.5 Å². The number of benzene rings is 1. The fraction of sp³-hybridized carbons (Fsp3) is 0.444. The molecule has 0 saturated heterocycles. The molecule has 0 N–H and O–H groups in total. The van der Waals surface area contributed by atoms with Crippen LogP contribution in [-0.4, -0.2) is 41.5 Å². The van der Waals surface area contributed by atoms with Crippen molar-refractivity contribution in [3.63, 3.8) is 0 Å². The Balaban J connectivity index is 1.92. The highest BCUT2D eigenvalue weighted by Crippen LogP contribution is 2.11. The van der Waals surface area contributed by atoms with Crippen LogP contribution in [0.1, 0.15) is 35.7 Å². The third-order valence-corrected chi connectivity index (χ3v) is 3.48. The number of hydrogen-bond acceptors (Lipinski definition) is 4. The summed E-state index contributed by atoms with van der Waals surface area (Å²) >= 11 is 0. The van der Waals surface area contributed by atoms with Crippen LogP contribution in [0.4, 0.5) is 0 Å². The fourth-order valence-corrected chi connectivity index (χ4v) is 2.53. The van der Waals surface area contributed by atoms with Gasteiger partial charge in [0, 0.05) is 26.2 Å². The van der Waals surface area contributed by atoms with Gasteiger partial charge in [-0.25, -0.2) is 0 Å². The summed E-state index contributed by atoms with van der Waals surface area (Å²) in [6.45, 7) is 6.29. The molecule has 0 unspecified atom stereocenters. The van der Waals surface area contributed by atoms with Crippen molar-refractivity contribution >= 4 is 5.91 Å². The maximum Gasteiger partial charge on any atom is 0.275 e. The largest absolute Gasteiger partial charge is 0.359 e. The van der Waals surface area contributed by atoms with Crippen LogP contribution in [0.3, 0.4) is 0 Å². The van der Waals surface area contributed by atoms with Crippen LogP contribution < -0.4 is 0 Å². The molecule has 1 amide bonds. The number of aromatic nitrogens is 1. The van der Waals surface area contributed by atoms with Gasteiger partial charge in [0.15, 0.2) is 11.5 Å². The summed E-state index contributed by atoms with van der Waals surface area (Å²) in [5, 5.41) is 3.91. The molecular weight excluding hydrogens is 290 g/mol. The number of rotatable bonds is 7. The van der Waals surface area contributed by atoms with Gasteiger partial charge in [-0.05, 0) is 18.5 Å². The maximum atomic E-state index is 12.3. The summed E-state index contributed by atoms with van der Waals surface area (Å²) < 4.78 is 5.31. The predicted molar refractivity (Wildman–Crippen MR) is 89.9 cm³/mol. The number of amides is 1. The van der Waals surface area contributed by atoms with Crippen molar-refractivity contribution in [2.45, 2.75) is 26.9 Å². The molecule has 0 atom stereocenters. The Hall–Kier alpha value is -2.14. The lowest BCUT2D eigenvalue weighted by atomic mass is 10.2. The first-order valence-electron chi connectivity index (χ1n) is 7.89. The first-order chi connectivity index (χ1) is 11.0. The third kappa shape index (κ3) is 5.21. The zero-order valence-electron chi connectivity index (χ0n) is 14.3. The lowest BCUT2D eigenvalue weighted by Gasteiger charge is -2.17. The molecule has 2 rings (SSSR count). The number of hydrogen-bond donors (Lipinski definition) is 0. The highest BCUT2D eigenvalue weighted by molar-refractivity contribution is 5.92. The normalized spacial score (nSPS) is 11.2. The van der Waals surface area contributed by atoms with Gasteiger partial charge in [0.25, 0.3) is 5.91 Å². The van der Waals surface area contributed by atoms with Gasteiger partial charge in [-0.1, -0.05) is 49.3 Å². The average molecular weight is 315 g/mol. The minimum absolute atomic E-state index is 0.0978. The van der Waals surface area contributed by atoms with Crippen molar-refractivity contribution in [3.05, 3.63) is 53.4 Å². The first-order valence-corrected chi connectivity index (χ1v) is 7.89. The van der Waals surface area contributed by atoms with Crippen molar-refractivity contribution in [2.24, 2.45) is 5.92 Å². The number of carbonyl (C=O) groups is 1. The molecule has 23 heavy (non-hydrogen) atoms. The fourth-order valence-electron chi connectivity index (χ4n) is 2.53. The van der Waals surface area contributed by atoms with E-state index in [2.05, 4.69) is 36.0 Å². The monoisotopic (exact) mass is 315 g/mol. The molecule has 1 heterocycles. The van der Waals surface area contributed by atoms with Crippen LogP contribution in [0.25, 0.3) is 0 Å². The summed E-state index contributed by atoms with van der Waals surface area (Å²) in [5.41, 5.74) is 1.61. The Morgan fingerprint density at radius 1 is 1.17 bits per heavy atom. The van der Waals surface area contributed by atoms with Crippen LogP contribution >= 0.6 is 0 Å². The molecule has 0 saturated carbocycles. The van der Waals surface area contributed by atoms with E-state index in [0.717, 1.165) is 6.54 Å². The molecule has 0 aliphatic heterocycles. The number of carbonyl (C=O) groups excluding carboxylic acids is 1. The van der Waals surface area contributed by atoms with Gasteiger partial charge < -0.3 is 9.42 Å². The molecule has 0 spiro atoms. The minimum Gasteiger partial charge on any atom is -0.359 e. The Labute approximate surface area is 137 Å². The lowest BCUT2D eigenvalue weighted by molar-refractivity contribution is 0.0768. The zero-order valence-corrected chi connectivity index (χ0v) is 14.3. The van der Waals surface area contributed by atoms with Gasteiger partial charge in [0.05, 0.1) is 6.54 Å². The van der Waals surface area contributed by atoms with Crippen LogP contribution in [-0.2, 0) is 13.1 Å². The summed E-state index contributed by atoms with van der Waals surface area (Å²) in [5.74, 6) is 1.02. The minimum atomic E-state index is -0.0978. The van der Waals surface area contributed by atoms with Gasteiger partial charge in [-0.15, -0.1) is 0 Å². The van der Waals surface area contributed by atoms with Gasteiger partial charge in [-0.3, -0.25) is 9.69 Å². The topological polar surface area (TPSA) is 49.6 Å². The second kappa shape index (κ2) is 7.92. The quantitative estimate of drug-likeness (QED) is 0.788. The lowest BCUT2D eigenvalue weighted by Crippen LogP contribution is -2.30. The molecule has 1 aromatic carbocycles. The number of nitrogens with zero attached hydrogens (tertiary/aromatic N) is 3. The standard InChI is InChI=1S/C18H25N3O2/c1-14(2)11-21(4)18(22)17-10-16(23-19-17)13-20(3)12-15-8-6-5-7-9-15/h5-10,14H,11-13H2,1-4H3.